The normalized spacial score (nSPS) is 18.7. The standard InChI is InChI=1S/C16H21N5O/c1-12(2)21-8-5-14(19-21)16(22)20-9-7-18-11-15(20)13-4-3-6-17-10-13/h3-6,8,10,12,15,18H,7,9,11H2,1-2H3. The summed E-state index contributed by atoms with van der Waals surface area (Å²) in [6, 6.07) is 5.96. The summed E-state index contributed by atoms with van der Waals surface area (Å²) >= 11 is 0. The molecule has 22 heavy (non-hydrogen) atoms. The van der Waals surface area contributed by atoms with Gasteiger partial charge < -0.3 is 10.2 Å². The number of rotatable bonds is 3. The van der Waals surface area contributed by atoms with Crippen molar-refractivity contribution in [3.63, 3.8) is 0 Å². The number of carbonyl (C=O) groups excluding carboxylic acids is 1. The number of piperazine rings is 1. The van der Waals surface area contributed by atoms with Crippen molar-refractivity contribution in [2.75, 3.05) is 19.6 Å². The molecule has 6 heteroatoms. The lowest BCUT2D eigenvalue weighted by atomic mass is 10.0. The third-order valence-corrected chi connectivity index (χ3v) is 3.93. The van der Waals surface area contributed by atoms with Gasteiger partial charge >= 0.3 is 0 Å². The SMILES string of the molecule is CC(C)n1ccc(C(=O)N2CCNCC2c2cccnc2)n1. The van der Waals surface area contributed by atoms with Crippen LogP contribution < -0.4 is 5.32 Å². The van der Waals surface area contributed by atoms with Gasteiger partial charge in [-0.2, -0.15) is 5.10 Å². The fraction of sp³-hybridized carbons (Fsp3) is 0.438. The molecule has 3 heterocycles. The predicted molar refractivity (Wildman–Crippen MR) is 83.5 cm³/mol. The van der Waals surface area contributed by atoms with E-state index in [-0.39, 0.29) is 18.0 Å². The van der Waals surface area contributed by atoms with Gasteiger partial charge in [0.05, 0.1) is 6.04 Å². The van der Waals surface area contributed by atoms with E-state index in [0.29, 0.717) is 12.2 Å². The Morgan fingerprint density at radius 3 is 2.95 bits per heavy atom. The van der Waals surface area contributed by atoms with E-state index in [4.69, 9.17) is 0 Å². The predicted octanol–water partition coefficient (Wildman–Crippen LogP) is 1.65. The molecule has 1 saturated heterocycles. The van der Waals surface area contributed by atoms with E-state index in [1.165, 1.54) is 0 Å². The summed E-state index contributed by atoms with van der Waals surface area (Å²) in [4.78, 5) is 18.9. The maximum atomic E-state index is 12.8. The minimum absolute atomic E-state index is 0.000787. The highest BCUT2D eigenvalue weighted by molar-refractivity contribution is 5.92. The minimum atomic E-state index is -0.0187. The van der Waals surface area contributed by atoms with E-state index in [9.17, 15) is 4.79 Å². The van der Waals surface area contributed by atoms with Crippen LogP contribution in [0.2, 0.25) is 0 Å². The van der Waals surface area contributed by atoms with Crippen LogP contribution in [0.3, 0.4) is 0 Å². The summed E-state index contributed by atoms with van der Waals surface area (Å²) in [6.45, 7) is 6.30. The zero-order valence-corrected chi connectivity index (χ0v) is 12.9. The number of hydrogen-bond acceptors (Lipinski definition) is 4. The zero-order valence-electron chi connectivity index (χ0n) is 12.9. The number of nitrogens with zero attached hydrogens (tertiary/aromatic N) is 4. The highest BCUT2D eigenvalue weighted by Crippen LogP contribution is 2.23. The maximum absolute atomic E-state index is 12.8. The smallest absolute Gasteiger partial charge is 0.274 e. The van der Waals surface area contributed by atoms with E-state index in [2.05, 4.69) is 15.4 Å². The monoisotopic (exact) mass is 299 g/mol. The van der Waals surface area contributed by atoms with Gasteiger partial charge in [-0.1, -0.05) is 6.07 Å². The largest absolute Gasteiger partial charge is 0.328 e. The number of aromatic nitrogens is 3. The molecule has 0 saturated carbocycles. The quantitative estimate of drug-likeness (QED) is 0.936. The van der Waals surface area contributed by atoms with E-state index in [0.717, 1.165) is 18.7 Å². The van der Waals surface area contributed by atoms with Gasteiger partial charge in [-0.05, 0) is 31.5 Å². The number of amides is 1. The summed E-state index contributed by atoms with van der Waals surface area (Å²) in [7, 11) is 0. The molecule has 1 N–H and O–H groups in total. The van der Waals surface area contributed by atoms with Gasteiger partial charge in [-0.25, -0.2) is 0 Å². The van der Waals surface area contributed by atoms with Crippen LogP contribution in [0.15, 0.2) is 36.8 Å². The highest BCUT2D eigenvalue weighted by atomic mass is 16.2. The summed E-state index contributed by atoms with van der Waals surface area (Å²) in [6.07, 6.45) is 5.43. The summed E-state index contributed by atoms with van der Waals surface area (Å²) in [5.41, 5.74) is 1.55. The molecule has 116 valence electrons. The second-order valence-electron chi connectivity index (χ2n) is 5.78. The molecule has 2 aromatic heterocycles. The third-order valence-electron chi connectivity index (χ3n) is 3.93. The average molecular weight is 299 g/mol. The molecule has 1 unspecified atom stereocenters. The molecule has 0 bridgehead atoms. The molecule has 1 amide bonds. The Morgan fingerprint density at radius 1 is 1.41 bits per heavy atom. The summed E-state index contributed by atoms with van der Waals surface area (Å²) in [5.74, 6) is -0.0187. The van der Waals surface area contributed by atoms with Gasteiger partial charge in [-0.3, -0.25) is 14.5 Å². The molecule has 1 aliphatic heterocycles. The Morgan fingerprint density at radius 2 is 2.27 bits per heavy atom. The molecule has 0 spiro atoms. The van der Waals surface area contributed by atoms with Gasteiger partial charge in [0.15, 0.2) is 0 Å². The van der Waals surface area contributed by atoms with E-state index < -0.39 is 0 Å². The van der Waals surface area contributed by atoms with Gasteiger partial charge in [0.25, 0.3) is 5.91 Å². The Labute approximate surface area is 130 Å². The molecule has 0 radical (unpaired) electrons. The Hall–Kier alpha value is -2.21. The molecule has 1 fully saturated rings. The first kappa shape index (κ1) is 14.7. The van der Waals surface area contributed by atoms with Crippen LogP contribution >= 0.6 is 0 Å². The van der Waals surface area contributed by atoms with Crippen molar-refractivity contribution < 1.29 is 4.79 Å². The van der Waals surface area contributed by atoms with E-state index >= 15 is 0 Å². The minimum Gasteiger partial charge on any atom is -0.328 e. The third kappa shape index (κ3) is 2.87. The van der Waals surface area contributed by atoms with E-state index in [1.54, 1.807) is 12.3 Å². The summed E-state index contributed by atoms with van der Waals surface area (Å²) in [5, 5.41) is 7.75. The Balaban J connectivity index is 1.85. The van der Waals surface area contributed by atoms with Gasteiger partial charge in [0.1, 0.15) is 5.69 Å². The Bertz CT molecular complexity index is 637. The maximum Gasteiger partial charge on any atom is 0.274 e. The lowest BCUT2D eigenvalue weighted by Crippen LogP contribution is -2.48. The molecular formula is C16H21N5O. The zero-order chi connectivity index (χ0) is 15.5. The van der Waals surface area contributed by atoms with Crippen LogP contribution in [0.4, 0.5) is 0 Å². The lowest BCUT2D eigenvalue weighted by molar-refractivity contribution is 0.0626. The van der Waals surface area contributed by atoms with Crippen molar-refractivity contribution in [1.29, 1.82) is 0 Å². The van der Waals surface area contributed by atoms with Crippen molar-refractivity contribution in [3.8, 4) is 0 Å². The van der Waals surface area contributed by atoms with Gasteiger partial charge in [0, 0.05) is 44.3 Å². The fourth-order valence-corrected chi connectivity index (χ4v) is 2.71. The van der Waals surface area contributed by atoms with Crippen molar-refractivity contribution in [3.05, 3.63) is 48.0 Å². The van der Waals surface area contributed by atoms with Gasteiger partial charge in [-0.15, -0.1) is 0 Å². The number of hydrogen-bond donors (Lipinski definition) is 1. The first-order valence-electron chi connectivity index (χ1n) is 7.63. The molecular weight excluding hydrogens is 278 g/mol. The molecule has 6 nitrogen and oxygen atoms in total. The fourth-order valence-electron chi connectivity index (χ4n) is 2.71. The molecule has 2 aromatic rings. The molecule has 3 rings (SSSR count). The van der Waals surface area contributed by atoms with Gasteiger partial charge in [0.2, 0.25) is 0 Å². The second-order valence-corrected chi connectivity index (χ2v) is 5.78. The summed E-state index contributed by atoms with van der Waals surface area (Å²) < 4.78 is 1.81. The van der Waals surface area contributed by atoms with Crippen molar-refractivity contribution >= 4 is 5.91 Å². The average Bonchev–Trinajstić information content (AvgIpc) is 3.05. The van der Waals surface area contributed by atoms with Crippen molar-refractivity contribution in [2.45, 2.75) is 25.9 Å². The number of nitrogens with one attached hydrogen (secondary N) is 1. The van der Waals surface area contributed by atoms with Crippen LogP contribution in [-0.2, 0) is 0 Å². The van der Waals surface area contributed by atoms with Crippen molar-refractivity contribution in [2.24, 2.45) is 0 Å². The molecule has 0 aliphatic carbocycles. The molecule has 1 atom stereocenters. The number of carbonyl (C=O) groups is 1. The van der Waals surface area contributed by atoms with Crippen molar-refractivity contribution in [1.82, 2.24) is 25.0 Å². The first-order valence-corrected chi connectivity index (χ1v) is 7.63. The lowest BCUT2D eigenvalue weighted by Gasteiger charge is -2.36. The molecule has 0 aromatic carbocycles. The van der Waals surface area contributed by atoms with Crippen LogP contribution in [0, 0.1) is 0 Å². The number of pyridine rings is 1. The van der Waals surface area contributed by atoms with E-state index in [1.807, 2.05) is 48.0 Å². The van der Waals surface area contributed by atoms with Crippen LogP contribution in [-0.4, -0.2) is 45.2 Å². The Kier molecular flexibility index (Phi) is 4.20. The van der Waals surface area contributed by atoms with Crippen LogP contribution in [0.25, 0.3) is 0 Å². The second kappa shape index (κ2) is 6.27. The topological polar surface area (TPSA) is 63.1 Å². The molecule has 1 aliphatic rings. The van der Waals surface area contributed by atoms with Crippen LogP contribution in [0.1, 0.15) is 42.0 Å². The first-order chi connectivity index (χ1) is 10.7. The van der Waals surface area contributed by atoms with Crippen LogP contribution in [0.5, 0.6) is 0 Å². The highest BCUT2D eigenvalue weighted by Gasteiger charge is 2.29.